The summed E-state index contributed by atoms with van der Waals surface area (Å²) in [5, 5.41) is 4.65. The van der Waals surface area contributed by atoms with Gasteiger partial charge in [-0.05, 0) is 50.3 Å². The van der Waals surface area contributed by atoms with Gasteiger partial charge in [0, 0.05) is 11.3 Å². The molecule has 0 aliphatic heterocycles. The highest BCUT2D eigenvalue weighted by Crippen LogP contribution is 2.27. The zero-order valence-corrected chi connectivity index (χ0v) is 11.6. The third-order valence-electron chi connectivity index (χ3n) is 3.32. The molecular formula is C13H27NS. The summed E-state index contributed by atoms with van der Waals surface area (Å²) >= 11 is 2.05. The first-order valence-electron chi connectivity index (χ1n) is 6.27. The molecule has 0 radical (unpaired) electrons. The van der Waals surface area contributed by atoms with Crippen molar-refractivity contribution in [2.24, 2.45) is 5.41 Å². The second-order valence-electron chi connectivity index (χ2n) is 5.97. The summed E-state index contributed by atoms with van der Waals surface area (Å²) in [7, 11) is 0. The molecular weight excluding hydrogens is 202 g/mol. The van der Waals surface area contributed by atoms with Crippen LogP contribution >= 0.6 is 11.8 Å². The number of hydrogen-bond acceptors (Lipinski definition) is 2. The number of hydrogen-bond donors (Lipinski definition) is 1. The van der Waals surface area contributed by atoms with Crippen molar-refractivity contribution < 1.29 is 0 Å². The molecule has 1 nitrogen and oxygen atoms in total. The highest BCUT2D eigenvalue weighted by Gasteiger charge is 2.20. The molecule has 1 rings (SSSR count). The van der Waals surface area contributed by atoms with Crippen LogP contribution in [0.15, 0.2) is 0 Å². The van der Waals surface area contributed by atoms with Crippen LogP contribution in [0.25, 0.3) is 0 Å². The van der Waals surface area contributed by atoms with E-state index in [1.807, 2.05) is 11.8 Å². The molecule has 0 heterocycles. The Balaban J connectivity index is 2.09. The van der Waals surface area contributed by atoms with Crippen LogP contribution in [-0.2, 0) is 0 Å². The van der Waals surface area contributed by atoms with E-state index >= 15 is 0 Å². The Hall–Kier alpha value is 0.310. The van der Waals surface area contributed by atoms with Gasteiger partial charge in [-0.1, -0.05) is 20.8 Å². The number of thioether (sulfide) groups is 1. The fraction of sp³-hybridized carbons (Fsp3) is 1.00. The predicted molar refractivity (Wildman–Crippen MR) is 71.6 cm³/mol. The Bertz CT molecular complexity index is 166. The topological polar surface area (TPSA) is 12.0 Å². The van der Waals surface area contributed by atoms with Gasteiger partial charge in [0.05, 0.1) is 0 Å². The van der Waals surface area contributed by atoms with Gasteiger partial charge in [0.2, 0.25) is 0 Å². The lowest BCUT2D eigenvalue weighted by Gasteiger charge is -2.29. The van der Waals surface area contributed by atoms with Gasteiger partial charge in [-0.25, -0.2) is 0 Å². The van der Waals surface area contributed by atoms with Crippen LogP contribution in [0, 0.1) is 5.41 Å². The summed E-state index contributed by atoms with van der Waals surface area (Å²) in [6.45, 7) is 8.15. The molecule has 1 N–H and O–H groups in total. The molecule has 0 unspecified atom stereocenters. The zero-order chi connectivity index (χ0) is 11.3. The minimum absolute atomic E-state index is 0.476. The monoisotopic (exact) mass is 229 g/mol. The van der Waals surface area contributed by atoms with E-state index in [4.69, 9.17) is 0 Å². The number of rotatable bonds is 4. The quantitative estimate of drug-likeness (QED) is 0.789. The third kappa shape index (κ3) is 5.82. The van der Waals surface area contributed by atoms with E-state index in [-0.39, 0.29) is 0 Å². The van der Waals surface area contributed by atoms with E-state index in [1.54, 1.807) is 0 Å². The Labute approximate surface area is 99.8 Å². The standard InChI is InChI=1S/C13H27NS/c1-13(2,3)9-10-14-11-5-7-12(15-4)8-6-11/h11-12,14H,5-10H2,1-4H3. The summed E-state index contributed by atoms with van der Waals surface area (Å²) in [5.74, 6) is 0. The first-order valence-corrected chi connectivity index (χ1v) is 7.56. The molecule has 0 amide bonds. The van der Waals surface area contributed by atoms with Crippen molar-refractivity contribution in [3.63, 3.8) is 0 Å². The SMILES string of the molecule is CSC1CCC(NCCC(C)(C)C)CC1. The molecule has 0 aromatic heterocycles. The van der Waals surface area contributed by atoms with Crippen LogP contribution in [0.2, 0.25) is 0 Å². The van der Waals surface area contributed by atoms with E-state index in [1.165, 1.54) is 38.6 Å². The maximum Gasteiger partial charge on any atom is 0.00678 e. The normalized spacial score (nSPS) is 28.0. The molecule has 1 aliphatic carbocycles. The maximum atomic E-state index is 3.71. The average Bonchev–Trinajstić information content (AvgIpc) is 2.17. The highest BCUT2D eigenvalue weighted by molar-refractivity contribution is 7.99. The first kappa shape index (κ1) is 13.4. The Kier molecular flexibility index (Phi) is 5.48. The van der Waals surface area contributed by atoms with Crippen LogP contribution in [0.4, 0.5) is 0 Å². The van der Waals surface area contributed by atoms with Crippen molar-refractivity contribution in [3.8, 4) is 0 Å². The summed E-state index contributed by atoms with van der Waals surface area (Å²) in [4.78, 5) is 0. The van der Waals surface area contributed by atoms with Crippen LogP contribution < -0.4 is 5.32 Å². The first-order chi connectivity index (χ1) is 7.01. The molecule has 2 heteroatoms. The van der Waals surface area contributed by atoms with Crippen LogP contribution in [0.1, 0.15) is 52.9 Å². The lowest BCUT2D eigenvalue weighted by Crippen LogP contribution is -2.35. The lowest BCUT2D eigenvalue weighted by molar-refractivity contribution is 0.325. The Morgan fingerprint density at radius 3 is 2.20 bits per heavy atom. The molecule has 1 fully saturated rings. The molecule has 0 atom stereocenters. The van der Waals surface area contributed by atoms with E-state index < -0.39 is 0 Å². The fourth-order valence-electron chi connectivity index (χ4n) is 2.15. The average molecular weight is 229 g/mol. The van der Waals surface area contributed by atoms with E-state index in [0.717, 1.165) is 11.3 Å². The van der Waals surface area contributed by atoms with Crippen molar-refractivity contribution in [2.45, 2.75) is 64.2 Å². The molecule has 1 saturated carbocycles. The Morgan fingerprint density at radius 2 is 1.73 bits per heavy atom. The molecule has 0 aromatic carbocycles. The van der Waals surface area contributed by atoms with Gasteiger partial charge < -0.3 is 5.32 Å². The van der Waals surface area contributed by atoms with Crippen LogP contribution in [0.5, 0.6) is 0 Å². The third-order valence-corrected chi connectivity index (χ3v) is 4.45. The molecule has 0 aromatic rings. The molecule has 0 bridgehead atoms. The minimum Gasteiger partial charge on any atom is -0.314 e. The lowest BCUT2D eigenvalue weighted by atomic mass is 9.91. The molecule has 1 aliphatic rings. The van der Waals surface area contributed by atoms with Crippen molar-refractivity contribution in [1.29, 1.82) is 0 Å². The van der Waals surface area contributed by atoms with Crippen molar-refractivity contribution in [3.05, 3.63) is 0 Å². The smallest absolute Gasteiger partial charge is 0.00678 e. The molecule has 0 spiro atoms. The summed E-state index contributed by atoms with van der Waals surface area (Å²) in [5.41, 5.74) is 0.476. The molecule has 90 valence electrons. The molecule has 15 heavy (non-hydrogen) atoms. The van der Waals surface area contributed by atoms with Gasteiger partial charge in [0.15, 0.2) is 0 Å². The minimum atomic E-state index is 0.476. The van der Waals surface area contributed by atoms with Gasteiger partial charge in [-0.2, -0.15) is 11.8 Å². The highest BCUT2D eigenvalue weighted by atomic mass is 32.2. The Morgan fingerprint density at radius 1 is 1.13 bits per heavy atom. The van der Waals surface area contributed by atoms with Gasteiger partial charge in [0.1, 0.15) is 0 Å². The number of nitrogens with one attached hydrogen (secondary N) is 1. The summed E-state index contributed by atoms with van der Waals surface area (Å²) < 4.78 is 0. The van der Waals surface area contributed by atoms with Crippen molar-refractivity contribution in [2.75, 3.05) is 12.8 Å². The van der Waals surface area contributed by atoms with Crippen LogP contribution in [0.3, 0.4) is 0 Å². The van der Waals surface area contributed by atoms with Gasteiger partial charge in [-0.3, -0.25) is 0 Å². The summed E-state index contributed by atoms with van der Waals surface area (Å²) in [6, 6.07) is 0.802. The van der Waals surface area contributed by atoms with E-state index in [9.17, 15) is 0 Å². The largest absolute Gasteiger partial charge is 0.314 e. The maximum absolute atomic E-state index is 3.71. The van der Waals surface area contributed by atoms with E-state index in [0.29, 0.717) is 5.41 Å². The van der Waals surface area contributed by atoms with Gasteiger partial charge >= 0.3 is 0 Å². The second kappa shape index (κ2) is 6.15. The second-order valence-corrected chi connectivity index (χ2v) is 7.11. The molecule has 0 saturated heterocycles. The van der Waals surface area contributed by atoms with Gasteiger partial charge in [-0.15, -0.1) is 0 Å². The summed E-state index contributed by atoms with van der Waals surface area (Å²) in [6.07, 6.45) is 9.13. The predicted octanol–water partition coefficient (Wildman–Crippen LogP) is 3.69. The fourth-order valence-corrected chi connectivity index (χ4v) is 2.90. The van der Waals surface area contributed by atoms with Crippen molar-refractivity contribution >= 4 is 11.8 Å². The van der Waals surface area contributed by atoms with Crippen LogP contribution in [-0.4, -0.2) is 24.1 Å². The van der Waals surface area contributed by atoms with Crippen molar-refractivity contribution in [1.82, 2.24) is 5.32 Å². The van der Waals surface area contributed by atoms with E-state index in [2.05, 4.69) is 32.3 Å². The van der Waals surface area contributed by atoms with Gasteiger partial charge in [0.25, 0.3) is 0 Å². The zero-order valence-electron chi connectivity index (χ0n) is 10.8.